The second-order valence-corrected chi connectivity index (χ2v) is 7.61. The van der Waals surface area contributed by atoms with Crippen molar-refractivity contribution >= 4 is 27.4 Å². The molecule has 138 valence electrons. The molecular weight excluding hydrogens is 354 g/mol. The lowest BCUT2D eigenvalue weighted by Crippen LogP contribution is -2.90. The summed E-state index contributed by atoms with van der Waals surface area (Å²) < 4.78 is 22.5. The van der Waals surface area contributed by atoms with Crippen LogP contribution in [-0.2, 0) is 21.4 Å². The van der Waals surface area contributed by atoms with Crippen molar-refractivity contribution in [1.29, 1.82) is 0 Å². The maximum absolute atomic E-state index is 12.3. The van der Waals surface area contributed by atoms with Crippen LogP contribution in [0.4, 0.5) is 5.69 Å². The fourth-order valence-corrected chi connectivity index (χ4v) is 2.82. The van der Waals surface area contributed by atoms with E-state index in [1.807, 2.05) is 5.32 Å². The van der Waals surface area contributed by atoms with Gasteiger partial charge in [0.2, 0.25) is 10.0 Å². The molecule has 2 aromatic carbocycles. The molecule has 0 aliphatic heterocycles. The molecule has 2 rings (SSSR count). The first-order valence-corrected chi connectivity index (χ1v) is 9.58. The fraction of sp³-hybridized carbons (Fsp3) is 0.222. The van der Waals surface area contributed by atoms with E-state index < -0.39 is 10.0 Å². The topological polar surface area (TPSA) is 123 Å². The van der Waals surface area contributed by atoms with Gasteiger partial charge in [0.05, 0.1) is 4.90 Å². The molecule has 0 saturated heterocycles. The summed E-state index contributed by atoms with van der Waals surface area (Å²) >= 11 is 0. The Labute approximate surface area is 152 Å². The average Bonchev–Trinajstić information content (AvgIpc) is 2.59. The Hall–Kier alpha value is -2.55. The molecule has 0 heterocycles. The van der Waals surface area contributed by atoms with Crippen LogP contribution in [0, 0.1) is 0 Å². The van der Waals surface area contributed by atoms with Crippen LogP contribution in [0.2, 0.25) is 0 Å². The summed E-state index contributed by atoms with van der Waals surface area (Å²) in [6, 6.07) is 12.6. The normalized spacial score (nSPS) is 12.4. The van der Waals surface area contributed by atoms with Gasteiger partial charge in [0.1, 0.15) is 6.54 Å². The second-order valence-electron chi connectivity index (χ2n) is 6.04. The zero-order chi connectivity index (χ0) is 19.3. The number of primary sulfonamides is 1. The number of sulfonamides is 1. The lowest BCUT2D eigenvalue weighted by atomic mass is 10.1. The van der Waals surface area contributed by atoms with Gasteiger partial charge in [-0.15, -0.1) is 0 Å². The summed E-state index contributed by atoms with van der Waals surface area (Å²) in [6.45, 7) is 3.74. The highest BCUT2D eigenvalue weighted by atomic mass is 32.2. The molecule has 0 spiro atoms. The first-order chi connectivity index (χ1) is 12.2. The highest BCUT2D eigenvalue weighted by Crippen LogP contribution is 2.11. The minimum Gasteiger partial charge on any atom is -0.333 e. The van der Waals surface area contributed by atoms with Gasteiger partial charge >= 0.3 is 0 Å². The summed E-state index contributed by atoms with van der Waals surface area (Å²) in [4.78, 5) is 23.7. The summed E-state index contributed by atoms with van der Waals surface area (Å²) in [5.74, 6) is -0.254. The number of hydrogen-bond acceptors (Lipinski definition) is 4. The standard InChI is InChI=1S/C18H21N3O4S/c1-12(18(23)21-16-5-3-4-15(10-16)13(2)22)20-11-14-6-8-17(9-7-14)26(19,24)25/h3-10,12,20H,11H2,1-2H3,(H,21,23)(H2,19,24,25)/p+1/t12-/m0/s1. The quantitative estimate of drug-likeness (QED) is 0.613. The molecule has 0 unspecified atom stereocenters. The number of amides is 1. The lowest BCUT2D eigenvalue weighted by Gasteiger charge is -2.12. The Bertz CT molecular complexity index is 908. The SMILES string of the molecule is CC(=O)c1cccc(NC(=O)[C@H](C)[NH2+]Cc2ccc(S(N)(=O)=O)cc2)c1. The number of carbonyl (C=O) groups is 2. The Morgan fingerprint density at radius 3 is 2.38 bits per heavy atom. The molecule has 1 atom stereocenters. The first-order valence-electron chi connectivity index (χ1n) is 8.04. The van der Waals surface area contributed by atoms with Crippen molar-refractivity contribution in [3.05, 3.63) is 59.7 Å². The molecule has 0 saturated carbocycles. The number of nitrogens with one attached hydrogen (secondary N) is 1. The van der Waals surface area contributed by atoms with E-state index in [1.165, 1.54) is 19.1 Å². The van der Waals surface area contributed by atoms with Crippen LogP contribution in [0.3, 0.4) is 0 Å². The van der Waals surface area contributed by atoms with E-state index in [9.17, 15) is 18.0 Å². The maximum Gasteiger partial charge on any atom is 0.282 e. The third kappa shape index (κ3) is 5.48. The maximum atomic E-state index is 12.3. The molecule has 0 aliphatic rings. The van der Waals surface area contributed by atoms with Crippen molar-refractivity contribution in [2.45, 2.75) is 31.3 Å². The van der Waals surface area contributed by atoms with Crippen molar-refractivity contribution in [1.82, 2.24) is 0 Å². The largest absolute Gasteiger partial charge is 0.333 e. The molecule has 8 heteroatoms. The minimum atomic E-state index is -3.71. The van der Waals surface area contributed by atoms with Crippen LogP contribution in [-0.4, -0.2) is 26.2 Å². The van der Waals surface area contributed by atoms with Crippen LogP contribution in [0.15, 0.2) is 53.4 Å². The van der Waals surface area contributed by atoms with Gasteiger partial charge in [-0.05, 0) is 38.1 Å². The monoisotopic (exact) mass is 376 g/mol. The minimum absolute atomic E-state index is 0.0531. The van der Waals surface area contributed by atoms with Gasteiger partial charge in [-0.1, -0.05) is 24.3 Å². The van der Waals surface area contributed by atoms with E-state index in [0.29, 0.717) is 17.8 Å². The Kier molecular flexibility index (Phi) is 6.25. The zero-order valence-corrected chi connectivity index (χ0v) is 15.4. The third-order valence-electron chi connectivity index (χ3n) is 3.91. The number of rotatable bonds is 7. The number of carbonyl (C=O) groups excluding carboxylic acids is 2. The van der Waals surface area contributed by atoms with E-state index in [4.69, 9.17) is 5.14 Å². The Morgan fingerprint density at radius 1 is 1.15 bits per heavy atom. The molecule has 7 nitrogen and oxygen atoms in total. The van der Waals surface area contributed by atoms with Gasteiger partial charge in [-0.3, -0.25) is 9.59 Å². The molecule has 0 fully saturated rings. The molecule has 1 amide bonds. The van der Waals surface area contributed by atoms with Crippen LogP contribution in [0.1, 0.15) is 29.8 Å². The molecule has 26 heavy (non-hydrogen) atoms. The number of hydrogen-bond donors (Lipinski definition) is 3. The van der Waals surface area contributed by atoms with E-state index in [1.54, 1.807) is 43.3 Å². The van der Waals surface area contributed by atoms with Crippen molar-refractivity contribution < 1.29 is 23.3 Å². The molecule has 0 radical (unpaired) electrons. The van der Waals surface area contributed by atoms with Crippen molar-refractivity contribution in [3.8, 4) is 0 Å². The van der Waals surface area contributed by atoms with Crippen LogP contribution < -0.4 is 15.8 Å². The van der Waals surface area contributed by atoms with Crippen LogP contribution >= 0.6 is 0 Å². The van der Waals surface area contributed by atoms with Gasteiger partial charge < -0.3 is 10.6 Å². The molecule has 0 bridgehead atoms. The predicted molar refractivity (Wildman–Crippen MR) is 98.0 cm³/mol. The first kappa shape index (κ1) is 19.8. The number of ketones is 1. The van der Waals surface area contributed by atoms with Gasteiger partial charge in [0.15, 0.2) is 11.8 Å². The average molecular weight is 376 g/mol. The molecule has 2 aromatic rings. The highest BCUT2D eigenvalue weighted by molar-refractivity contribution is 7.89. The van der Waals surface area contributed by atoms with Crippen molar-refractivity contribution in [2.75, 3.05) is 5.32 Å². The van der Waals surface area contributed by atoms with Gasteiger partial charge in [0, 0.05) is 16.8 Å². The number of quaternary nitrogens is 1. The van der Waals surface area contributed by atoms with Crippen molar-refractivity contribution in [3.63, 3.8) is 0 Å². The summed E-state index contributed by atoms with van der Waals surface area (Å²) in [6.07, 6.45) is 0. The van der Waals surface area contributed by atoms with E-state index >= 15 is 0 Å². The second kappa shape index (κ2) is 8.22. The van der Waals surface area contributed by atoms with Crippen LogP contribution in [0.25, 0.3) is 0 Å². The predicted octanol–water partition coefficient (Wildman–Crippen LogP) is 0.627. The van der Waals surface area contributed by atoms with Crippen LogP contribution in [0.5, 0.6) is 0 Å². The fourth-order valence-electron chi connectivity index (χ4n) is 2.31. The van der Waals surface area contributed by atoms with Gasteiger partial charge in [0.25, 0.3) is 5.91 Å². The molecule has 5 N–H and O–H groups in total. The molecule has 0 aromatic heterocycles. The summed E-state index contributed by atoms with van der Waals surface area (Å²) in [5, 5.41) is 9.68. The Balaban J connectivity index is 1.93. The zero-order valence-electron chi connectivity index (χ0n) is 14.6. The lowest BCUT2D eigenvalue weighted by molar-refractivity contribution is -0.688. The Morgan fingerprint density at radius 2 is 1.81 bits per heavy atom. The smallest absolute Gasteiger partial charge is 0.282 e. The number of anilines is 1. The third-order valence-corrected chi connectivity index (χ3v) is 4.84. The van der Waals surface area contributed by atoms with E-state index in [2.05, 4.69) is 5.32 Å². The highest BCUT2D eigenvalue weighted by Gasteiger charge is 2.16. The van der Waals surface area contributed by atoms with Gasteiger partial charge in [-0.25, -0.2) is 13.6 Å². The van der Waals surface area contributed by atoms with E-state index in [0.717, 1.165) is 5.56 Å². The molecular formula is C18H22N3O4S+. The molecule has 0 aliphatic carbocycles. The number of nitrogens with two attached hydrogens (primary N) is 2. The van der Waals surface area contributed by atoms with E-state index in [-0.39, 0.29) is 22.6 Å². The number of Topliss-reactive ketones (excluding diaryl/α,β-unsaturated/α-hetero) is 1. The number of benzene rings is 2. The van der Waals surface area contributed by atoms with Crippen molar-refractivity contribution in [2.24, 2.45) is 5.14 Å². The van der Waals surface area contributed by atoms with Gasteiger partial charge in [-0.2, -0.15) is 0 Å². The summed E-state index contributed by atoms with van der Waals surface area (Å²) in [7, 11) is -3.71. The summed E-state index contributed by atoms with van der Waals surface area (Å²) in [5.41, 5.74) is 1.98.